The Bertz CT molecular complexity index is 337. The largest absolute Gasteiger partial charge is 0.308 e. The number of fused-ring (bicyclic) bond motifs is 1. The lowest BCUT2D eigenvalue weighted by Crippen LogP contribution is -2.34. The smallest absolute Gasteiger partial charge is 0.0522 e. The van der Waals surface area contributed by atoms with E-state index in [0.717, 1.165) is 5.92 Å². The highest BCUT2D eigenvalue weighted by Gasteiger charge is 2.23. The average Bonchev–Trinajstić information content (AvgIpc) is 2.50. The molecule has 0 radical (unpaired) electrons. The molecule has 0 amide bonds. The van der Waals surface area contributed by atoms with Gasteiger partial charge in [-0.25, -0.2) is 0 Å². The number of rotatable bonds is 2. The number of hydrogen-bond donors (Lipinski definition) is 1. The SMILES string of the molecule is CCC1C=C2C=CC(C)(NC)C=CC2CC1. The van der Waals surface area contributed by atoms with Crippen LogP contribution in [0.1, 0.15) is 33.1 Å². The zero-order valence-electron chi connectivity index (χ0n) is 10.7. The van der Waals surface area contributed by atoms with Crippen LogP contribution in [-0.4, -0.2) is 12.6 Å². The lowest BCUT2D eigenvalue weighted by molar-refractivity contribution is 0.475. The van der Waals surface area contributed by atoms with Crippen molar-refractivity contribution in [1.82, 2.24) is 5.32 Å². The van der Waals surface area contributed by atoms with Crippen LogP contribution >= 0.6 is 0 Å². The van der Waals surface area contributed by atoms with Crippen molar-refractivity contribution in [3.63, 3.8) is 0 Å². The molecule has 2 aliphatic carbocycles. The van der Waals surface area contributed by atoms with Crippen LogP contribution < -0.4 is 5.32 Å². The molecule has 16 heavy (non-hydrogen) atoms. The summed E-state index contributed by atoms with van der Waals surface area (Å²) in [4.78, 5) is 0. The Morgan fingerprint density at radius 2 is 2.19 bits per heavy atom. The van der Waals surface area contributed by atoms with E-state index < -0.39 is 0 Å². The Morgan fingerprint density at radius 3 is 2.88 bits per heavy atom. The third kappa shape index (κ3) is 2.30. The van der Waals surface area contributed by atoms with Gasteiger partial charge in [0.05, 0.1) is 5.54 Å². The van der Waals surface area contributed by atoms with E-state index in [9.17, 15) is 0 Å². The maximum atomic E-state index is 3.35. The van der Waals surface area contributed by atoms with Gasteiger partial charge in [-0.1, -0.05) is 37.3 Å². The summed E-state index contributed by atoms with van der Waals surface area (Å²) in [6, 6.07) is 0. The third-order valence-electron chi connectivity index (χ3n) is 4.06. The van der Waals surface area contributed by atoms with E-state index in [1.54, 1.807) is 0 Å². The zero-order chi connectivity index (χ0) is 11.6. The van der Waals surface area contributed by atoms with Crippen LogP contribution in [0.25, 0.3) is 0 Å². The van der Waals surface area contributed by atoms with Crippen LogP contribution in [0.15, 0.2) is 36.0 Å². The molecule has 0 bridgehead atoms. The van der Waals surface area contributed by atoms with Crippen LogP contribution in [0.2, 0.25) is 0 Å². The molecule has 0 aromatic heterocycles. The molecule has 1 nitrogen and oxygen atoms in total. The van der Waals surface area contributed by atoms with Gasteiger partial charge in [-0.3, -0.25) is 0 Å². The predicted molar refractivity (Wildman–Crippen MR) is 70.3 cm³/mol. The van der Waals surface area contributed by atoms with Gasteiger partial charge in [-0.05, 0) is 44.7 Å². The van der Waals surface area contributed by atoms with E-state index in [2.05, 4.69) is 49.5 Å². The van der Waals surface area contributed by atoms with Crippen molar-refractivity contribution in [2.45, 2.75) is 38.6 Å². The van der Waals surface area contributed by atoms with Gasteiger partial charge in [0.2, 0.25) is 0 Å². The van der Waals surface area contributed by atoms with Gasteiger partial charge >= 0.3 is 0 Å². The number of likely N-dealkylation sites (N-methyl/N-ethyl adjacent to an activating group) is 1. The Labute approximate surface area is 99.3 Å². The van der Waals surface area contributed by atoms with E-state index in [-0.39, 0.29) is 5.54 Å². The molecule has 0 spiro atoms. The topological polar surface area (TPSA) is 12.0 Å². The highest BCUT2D eigenvalue weighted by Crippen LogP contribution is 2.34. The summed E-state index contributed by atoms with van der Waals surface area (Å²) in [6.07, 6.45) is 15.7. The van der Waals surface area contributed by atoms with E-state index >= 15 is 0 Å². The predicted octanol–water partition coefficient (Wildman–Crippen LogP) is 3.45. The molecule has 0 aromatic rings. The first-order chi connectivity index (χ1) is 7.67. The first kappa shape index (κ1) is 11.7. The zero-order valence-corrected chi connectivity index (χ0v) is 10.7. The van der Waals surface area contributed by atoms with Crippen molar-refractivity contribution < 1.29 is 0 Å². The van der Waals surface area contributed by atoms with Crippen molar-refractivity contribution in [2.24, 2.45) is 11.8 Å². The molecule has 1 heteroatoms. The van der Waals surface area contributed by atoms with Crippen molar-refractivity contribution in [3.8, 4) is 0 Å². The van der Waals surface area contributed by atoms with Gasteiger partial charge in [-0.15, -0.1) is 0 Å². The summed E-state index contributed by atoms with van der Waals surface area (Å²) >= 11 is 0. The number of nitrogens with one attached hydrogen (secondary N) is 1. The highest BCUT2D eigenvalue weighted by molar-refractivity contribution is 5.36. The second-order valence-corrected chi connectivity index (χ2v) is 5.24. The van der Waals surface area contributed by atoms with Crippen LogP contribution in [0, 0.1) is 11.8 Å². The average molecular weight is 217 g/mol. The van der Waals surface area contributed by atoms with Crippen molar-refractivity contribution in [1.29, 1.82) is 0 Å². The molecular weight excluding hydrogens is 194 g/mol. The van der Waals surface area contributed by atoms with Gasteiger partial charge in [0, 0.05) is 5.92 Å². The number of allylic oxidation sites excluding steroid dienone is 4. The third-order valence-corrected chi connectivity index (χ3v) is 4.06. The van der Waals surface area contributed by atoms with Crippen molar-refractivity contribution >= 4 is 0 Å². The molecule has 0 aromatic carbocycles. The molecule has 1 N–H and O–H groups in total. The molecule has 0 fully saturated rings. The van der Waals surface area contributed by atoms with Crippen molar-refractivity contribution in [3.05, 3.63) is 36.0 Å². The van der Waals surface area contributed by atoms with E-state index in [0.29, 0.717) is 5.92 Å². The minimum atomic E-state index is 0.0277. The number of hydrogen-bond acceptors (Lipinski definition) is 1. The normalized spacial score (nSPS) is 37.8. The van der Waals surface area contributed by atoms with Crippen LogP contribution in [0.4, 0.5) is 0 Å². The fourth-order valence-corrected chi connectivity index (χ4v) is 2.56. The first-order valence-electron chi connectivity index (χ1n) is 6.46. The van der Waals surface area contributed by atoms with Crippen molar-refractivity contribution in [2.75, 3.05) is 7.05 Å². The van der Waals surface area contributed by atoms with Gasteiger partial charge < -0.3 is 5.32 Å². The summed E-state index contributed by atoms with van der Waals surface area (Å²) in [5.74, 6) is 1.44. The second-order valence-electron chi connectivity index (χ2n) is 5.24. The Morgan fingerprint density at radius 1 is 1.38 bits per heavy atom. The van der Waals surface area contributed by atoms with E-state index in [1.807, 2.05) is 7.05 Å². The molecule has 0 saturated heterocycles. The highest BCUT2D eigenvalue weighted by atomic mass is 14.9. The van der Waals surface area contributed by atoms with E-state index in [4.69, 9.17) is 0 Å². The Hall–Kier alpha value is -0.820. The lowest BCUT2D eigenvalue weighted by Gasteiger charge is -2.24. The van der Waals surface area contributed by atoms with Crippen LogP contribution in [0.3, 0.4) is 0 Å². The fourth-order valence-electron chi connectivity index (χ4n) is 2.56. The molecule has 2 aliphatic rings. The standard InChI is InChI=1S/C15H23N/c1-4-12-5-6-13-7-9-15(2,16-3)10-8-14(13)11-12/h7-13,16H,4-6H2,1-3H3. The first-order valence-corrected chi connectivity index (χ1v) is 6.46. The molecule has 3 atom stereocenters. The van der Waals surface area contributed by atoms with Gasteiger partial charge in [0.1, 0.15) is 0 Å². The Balaban J connectivity index is 2.26. The minimum Gasteiger partial charge on any atom is -0.308 e. The van der Waals surface area contributed by atoms with Gasteiger partial charge in [0.25, 0.3) is 0 Å². The molecule has 3 unspecified atom stereocenters. The Kier molecular flexibility index (Phi) is 3.34. The minimum absolute atomic E-state index is 0.0277. The summed E-state index contributed by atoms with van der Waals surface area (Å²) in [7, 11) is 2.02. The molecule has 0 heterocycles. The van der Waals surface area contributed by atoms with E-state index in [1.165, 1.54) is 24.8 Å². The van der Waals surface area contributed by atoms with Crippen LogP contribution in [-0.2, 0) is 0 Å². The fraction of sp³-hybridized carbons (Fsp3) is 0.600. The molecule has 0 aliphatic heterocycles. The molecule has 2 rings (SSSR count). The quantitative estimate of drug-likeness (QED) is 0.699. The maximum Gasteiger partial charge on any atom is 0.0522 e. The maximum absolute atomic E-state index is 3.35. The molecule has 88 valence electrons. The van der Waals surface area contributed by atoms with Gasteiger partial charge in [0.15, 0.2) is 0 Å². The summed E-state index contributed by atoms with van der Waals surface area (Å²) < 4.78 is 0. The lowest BCUT2D eigenvalue weighted by atomic mass is 9.81. The summed E-state index contributed by atoms with van der Waals surface area (Å²) in [5, 5.41) is 3.35. The molecule has 0 saturated carbocycles. The summed E-state index contributed by atoms with van der Waals surface area (Å²) in [6.45, 7) is 4.51. The summed E-state index contributed by atoms with van der Waals surface area (Å²) in [5.41, 5.74) is 1.55. The molecular formula is C15H23N. The second kappa shape index (κ2) is 4.58. The monoisotopic (exact) mass is 217 g/mol. The van der Waals surface area contributed by atoms with Gasteiger partial charge in [-0.2, -0.15) is 0 Å². The van der Waals surface area contributed by atoms with Crippen LogP contribution in [0.5, 0.6) is 0 Å².